The molecule has 0 fully saturated rings. The van der Waals surface area contributed by atoms with Crippen LogP contribution in [0.5, 0.6) is 5.75 Å². The van der Waals surface area contributed by atoms with Crippen LogP contribution in [0.3, 0.4) is 0 Å². The van der Waals surface area contributed by atoms with Gasteiger partial charge in [0.25, 0.3) is 0 Å². The number of carbonyl (C=O) groups excluding carboxylic acids is 1. The normalized spacial score (nSPS) is 11.7. The van der Waals surface area contributed by atoms with Gasteiger partial charge in [0, 0.05) is 5.69 Å². The molecular formula is C21H22N2O3. The third-order valence-corrected chi connectivity index (χ3v) is 3.93. The summed E-state index contributed by atoms with van der Waals surface area (Å²) in [6, 6.07) is 20.7. The molecule has 0 radical (unpaired) electrons. The van der Waals surface area contributed by atoms with E-state index in [1.54, 1.807) is 6.26 Å². The van der Waals surface area contributed by atoms with E-state index in [4.69, 9.17) is 9.15 Å². The summed E-state index contributed by atoms with van der Waals surface area (Å²) in [6.07, 6.45) is 1.61. The van der Waals surface area contributed by atoms with E-state index >= 15 is 0 Å². The number of benzene rings is 2. The van der Waals surface area contributed by atoms with Crippen molar-refractivity contribution in [3.8, 4) is 5.75 Å². The Morgan fingerprint density at radius 1 is 1.04 bits per heavy atom. The standard InChI is InChI=1S/C21H22N2O3/c1-16(22-14-20-8-5-13-25-20)21(24)23-18-9-11-19(12-10-18)26-15-17-6-3-2-4-7-17/h2-13,16,22H,14-15H2,1H3,(H,23,24)/t16-/m0/s1. The van der Waals surface area contributed by atoms with E-state index in [2.05, 4.69) is 10.6 Å². The molecule has 2 aromatic carbocycles. The predicted octanol–water partition coefficient (Wildman–Crippen LogP) is 3.98. The van der Waals surface area contributed by atoms with Crippen LogP contribution in [0.4, 0.5) is 5.69 Å². The second-order valence-electron chi connectivity index (χ2n) is 5.97. The highest BCUT2D eigenvalue weighted by molar-refractivity contribution is 5.94. The maximum absolute atomic E-state index is 12.2. The summed E-state index contributed by atoms with van der Waals surface area (Å²) in [6.45, 7) is 2.84. The lowest BCUT2D eigenvalue weighted by atomic mass is 10.2. The summed E-state index contributed by atoms with van der Waals surface area (Å²) >= 11 is 0. The molecule has 0 unspecified atom stereocenters. The van der Waals surface area contributed by atoms with Crippen LogP contribution in [-0.2, 0) is 17.9 Å². The van der Waals surface area contributed by atoms with Gasteiger partial charge in [0.15, 0.2) is 0 Å². The zero-order valence-electron chi connectivity index (χ0n) is 14.6. The lowest BCUT2D eigenvalue weighted by Gasteiger charge is -2.13. The number of carbonyl (C=O) groups is 1. The molecule has 3 rings (SSSR count). The number of hydrogen-bond acceptors (Lipinski definition) is 4. The minimum absolute atomic E-state index is 0.102. The van der Waals surface area contributed by atoms with Gasteiger partial charge in [-0.3, -0.25) is 10.1 Å². The summed E-state index contributed by atoms with van der Waals surface area (Å²) in [4.78, 5) is 12.2. The van der Waals surface area contributed by atoms with Gasteiger partial charge in [0.1, 0.15) is 18.1 Å². The fourth-order valence-electron chi connectivity index (χ4n) is 2.39. The third kappa shape index (κ3) is 5.22. The van der Waals surface area contributed by atoms with Gasteiger partial charge < -0.3 is 14.5 Å². The van der Waals surface area contributed by atoms with Gasteiger partial charge in [-0.15, -0.1) is 0 Å². The molecule has 1 atom stereocenters. The first-order valence-electron chi connectivity index (χ1n) is 8.54. The summed E-state index contributed by atoms with van der Waals surface area (Å²) in [5, 5.41) is 6.01. The van der Waals surface area contributed by atoms with Gasteiger partial charge in [0.2, 0.25) is 5.91 Å². The van der Waals surface area contributed by atoms with Crippen molar-refractivity contribution in [2.75, 3.05) is 5.32 Å². The molecule has 2 N–H and O–H groups in total. The maximum atomic E-state index is 12.2. The highest BCUT2D eigenvalue weighted by Crippen LogP contribution is 2.17. The quantitative estimate of drug-likeness (QED) is 0.645. The second-order valence-corrected chi connectivity index (χ2v) is 5.97. The molecule has 0 spiro atoms. The first-order valence-corrected chi connectivity index (χ1v) is 8.54. The van der Waals surface area contributed by atoms with Crippen LogP contribution in [0.2, 0.25) is 0 Å². The van der Waals surface area contributed by atoms with Crippen LogP contribution in [0.25, 0.3) is 0 Å². The summed E-state index contributed by atoms with van der Waals surface area (Å²) < 4.78 is 11.0. The molecule has 0 saturated heterocycles. The van der Waals surface area contributed by atoms with Crippen LogP contribution in [-0.4, -0.2) is 11.9 Å². The number of furan rings is 1. The van der Waals surface area contributed by atoms with Crippen LogP contribution in [0, 0.1) is 0 Å². The van der Waals surface area contributed by atoms with E-state index in [1.165, 1.54) is 0 Å². The number of nitrogens with one attached hydrogen (secondary N) is 2. The highest BCUT2D eigenvalue weighted by Gasteiger charge is 2.13. The molecule has 5 nitrogen and oxygen atoms in total. The van der Waals surface area contributed by atoms with Gasteiger partial charge in [-0.25, -0.2) is 0 Å². The monoisotopic (exact) mass is 350 g/mol. The van der Waals surface area contributed by atoms with Gasteiger partial charge in [0.05, 0.1) is 18.8 Å². The Balaban J connectivity index is 1.46. The van der Waals surface area contributed by atoms with Gasteiger partial charge in [-0.2, -0.15) is 0 Å². The van der Waals surface area contributed by atoms with Crippen molar-refractivity contribution in [2.24, 2.45) is 0 Å². The molecule has 1 heterocycles. The number of amides is 1. The minimum Gasteiger partial charge on any atom is -0.489 e. The lowest BCUT2D eigenvalue weighted by Crippen LogP contribution is -2.37. The summed E-state index contributed by atoms with van der Waals surface area (Å²) in [5.41, 5.74) is 1.84. The van der Waals surface area contributed by atoms with Crippen molar-refractivity contribution >= 4 is 11.6 Å². The molecular weight excluding hydrogens is 328 g/mol. The average molecular weight is 350 g/mol. The Bertz CT molecular complexity index is 799. The summed E-state index contributed by atoms with van der Waals surface area (Å²) in [7, 11) is 0. The SMILES string of the molecule is C[C@H](NCc1ccco1)C(=O)Nc1ccc(OCc2ccccc2)cc1. The minimum atomic E-state index is -0.339. The Morgan fingerprint density at radius 2 is 1.81 bits per heavy atom. The van der Waals surface area contributed by atoms with E-state index in [0.29, 0.717) is 13.2 Å². The first-order chi connectivity index (χ1) is 12.7. The number of rotatable bonds is 8. The highest BCUT2D eigenvalue weighted by atomic mass is 16.5. The van der Waals surface area contributed by atoms with Crippen molar-refractivity contribution in [3.63, 3.8) is 0 Å². The number of anilines is 1. The average Bonchev–Trinajstić information content (AvgIpc) is 3.20. The number of hydrogen-bond donors (Lipinski definition) is 2. The molecule has 0 aliphatic rings. The predicted molar refractivity (Wildman–Crippen MR) is 101 cm³/mol. The van der Waals surface area contributed by atoms with Crippen LogP contribution >= 0.6 is 0 Å². The Hall–Kier alpha value is -3.05. The zero-order valence-corrected chi connectivity index (χ0v) is 14.6. The maximum Gasteiger partial charge on any atom is 0.241 e. The molecule has 5 heteroatoms. The number of ether oxygens (including phenoxy) is 1. The van der Waals surface area contributed by atoms with Gasteiger partial charge in [-0.1, -0.05) is 30.3 Å². The van der Waals surface area contributed by atoms with E-state index in [1.807, 2.05) is 73.7 Å². The molecule has 0 bridgehead atoms. The molecule has 1 amide bonds. The van der Waals surface area contributed by atoms with Crippen molar-refractivity contribution in [2.45, 2.75) is 26.1 Å². The van der Waals surface area contributed by atoms with Crippen molar-refractivity contribution in [1.82, 2.24) is 5.32 Å². The van der Waals surface area contributed by atoms with Crippen molar-refractivity contribution in [3.05, 3.63) is 84.3 Å². The molecule has 1 aromatic heterocycles. The van der Waals surface area contributed by atoms with Crippen LogP contribution in [0.15, 0.2) is 77.4 Å². The first kappa shape index (κ1) is 17.8. The van der Waals surface area contributed by atoms with E-state index in [0.717, 1.165) is 22.8 Å². The zero-order chi connectivity index (χ0) is 18.2. The van der Waals surface area contributed by atoms with Crippen molar-refractivity contribution < 1.29 is 13.9 Å². The molecule has 26 heavy (non-hydrogen) atoms. The van der Waals surface area contributed by atoms with Gasteiger partial charge in [-0.05, 0) is 48.9 Å². The van der Waals surface area contributed by atoms with E-state index in [-0.39, 0.29) is 11.9 Å². The van der Waals surface area contributed by atoms with Gasteiger partial charge >= 0.3 is 0 Å². The molecule has 3 aromatic rings. The Morgan fingerprint density at radius 3 is 2.50 bits per heavy atom. The topological polar surface area (TPSA) is 63.5 Å². The van der Waals surface area contributed by atoms with Crippen LogP contribution < -0.4 is 15.4 Å². The Kier molecular flexibility index (Phi) is 6.06. The van der Waals surface area contributed by atoms with E-state index < -0.39 is 0 Å². The Labute approximate surface area is 153 Å². The molecule has 0 saturated carbocycles. The fraction of sp³-hybridized carbons (Fsp3) is 0.190. The van der Waals surface area contributed by atoms with Crippen molar-refractivity contribution in [1.29, 1.82) is 0 Å². The van der Waals surface area contributed by atoms with Crippen LogP contribution in [0.1, 0.15) is 18.2 Å². The lowest BCUT2D eigenvalue weighted by molar-refractivity contribution is -0.117. The fourth-order valence-corrected chi connectivity index (χ4v) is 2.39. The smallest absolute Gasteiger partial charge is 0.241 e. The third-order valence-electron chi connectivity index (χ3n) is 3.93. The molecule has 0 aliphatic carbocycles. The second kappa shape index (κ2) is 8.87. The molecule has 134 valence electrons. The summed E-state index contributed by atoms with van der Waals surface area (Å²) in [5.74, 6) is 1.45. The van der Waals surface area contributed by atoms with E-state index in [9.17, 15) is 4.79 Å². The molecule has 0 aliphatic heterocycles. The largest absolute Gasteiger partial charge is 0.489 e.